The van der Waals surface area contributed by atoms with Crippen LogP contribution in [0.4, 0.5) is 0 Å². The van der Waals surface area contributed by atoms with Gasteiger partial charge in [0.1, 0.15) is 11.2 Å². The van der Waals surface area contributed by atoms with E-state index in [4.69, 9.17) is 19.4 Å². The van der Waals surface area contributed by atoms with Crippen LogP contribution in [-0.4, -0.2) is 15.0 Å². The zero-order valence-electron chi connectivity index (χ0n) is 35.0. The van der Waals surface area contributed by atoms with Crippen molar-refractivity contribution in [2.24, 2.45) is 0 Å². The van der Waals surface area contributed by atoms with Crippen molar-refractivity contribution in [1.29, 1.82) is 0 Å². The number of fused-ring (bicyclic) bond motifs is 5. The number of benzene rings is 11. The molecule has 14 aromatic rings. The van der Waals surface area contributed by atoms with Gasteiger partial charge in [-0.3, -0.25) is 0 Å². The lowest BCUT2D eigenvalue weighted by atomic mass is 9.85. The number of para-hydroxylation sites is 1. The molecular formula is C61H35N3O. The maximum atomic E-state index is 6.15. The van der Waals surface area contributed by atoms with Crippen molar-refractivity contribution in [3.05, 3.63) is 212 Å². The van der Waals surface area contributed by atoms with E-state index < -0.39 is 0 Å². The number of hydrogen-bond acceptors (Lipinski definition) is 4. The molecular weight excluding hydrogens is 791 g/mol. The summed E-state index contributed by atoms with van der Waals surface area (Å²) in [5, 5.41) is 17.4. The average molecular weight is 826 g/mol. The molecule has 0 fully saturated rings. The zero-order valence-corrected chi connectivity index (χ0v) is 35.0. The Bertz CT molecular complexity index is 4220. The van der Waals surface area contributed by atoms with Gasteiger partial charge >= 0.3 is 0 Å². The maximum Gasteiger partial charge on any atom is 0.164 e. The van der Waals surface area contributed by atoms with E-state index >= 15 is 0 Å². The Morgan fingerprint density at radius 2 is 0.692 bits per heavy atom. The van der Waals surface area contributed by atoms with Crippen LogP contribution in [0.3, 0.4) is 0 Å². The molecule has 65 heavy (non-hydrogen) atoms. The monoisotopic (exact) mass is 825 g/mol. The van der Waals surface area contributed by atoms with Gasteiger partial charge in [-0.2, -0.15) is 0 Å². The smallest absolute Gasteiger partial charge is 0.164 e. The summed E-state index contributed by atoms with van der Waals surface area (Å²) in [5.74, 6) is 1.85. The summed E-state index contributed by atoms with van der Waals surface area (Å²) in [7, 11) is 0. The van der Waals surface area contributed by atoms with Crippen LogP contribution in [0.15, 0.2) is 217 Å². The summed E-state index contributed by atoms with van der Waals surface area (Å²) in [5.41, 5.74) is 9.06. The lowest BCUT2D eigenvalue weighted by Crippen LogP contribution is -2.00. The van der Waals surface area contributed by atoms with Crippen LogP contribution < -0.4 is 0 Å². The molecule has 2 aromatic heterocycles. The molecule has 300 valence electrons. The lowest BCUT2D eigenvalue weighted by Gasteiger charge is -2.18. The third-order valence-corrected chi connectivity index (χ3v) is 13.4. The highest BCUT2D eigenvalue weighted by molar-refractivity contribution is 6.37. The molecule has 2 heterocycles. The summed E-state index contributed by atoms with van der Waals surface area (Å²) in [6, 6.07) is 76.2. The number of nitrogens with zero attached hydrogens (tertiary/aromatic N) is 3. The Balaban J connectivity index is 0.932. The van der Waals surface area contributed by atoms with Gasteiger partial charge in [0, 0.05) is 27.5 Å². The van der Waals surface area contributed by atoms with E-state index in [-0.39, 0.29) is 0 Å². The van der Waals surface area contributed by atoms with E-state index in [1.807, 2.05) is 60.7 Å². The molecule has 0 aliphatic rings. The fourth-order valence-electron chi connectivity index (χ4n) is 10.4. The van der Waals surface area contributed by atoms with Crippen LogP contribution in [-0.2, 0) is 0 Å². The maximum absolute atomic E-state index is 6.15. The van der Waals surface area contributed by atoms with Gasteiger partial charge in [0.25, 0.3) is 0 Å². The summed E-state index contributed by atoms with van der Waals surface area (Å²) in [6.07, 6.45) is 0. The van der Waals surface area contributed by atoms with Gasteiger partial charge in [-0.05, 0) is 123 Å². The number of rotatable bonds is 5. The molecule has 12 aromatic carbocycles. The van der Waals surface area contributed by atoms with Gasteiger partial charge in [0.2, 0.25) is 0 Å². The van der Waals surface area contributed by atoms with Crippen LogP contribution in [0.25, 0.3) is 143 Å². The normalized spacial score (nSPS) is 12.0. The van der Waals surface area contributed by atoms with E-state index in [0.29, 0.717) is 17.5 Å². The largest absolute Gasteiger partial charge is 0.456 e. The fourth-order valence-corrected chi connectivity index (χ4v) is 10.4. The summed E-state index contributed by atoms with van der Waals surface area (Å²) < 4.78 is 6.15. The molecule has 0 aliphatic heterocycles. The molecule has 0 spiro atoms. The lowest BCUT2D eigenvalue weighted by molar-refractivity contribution is 0.669. The first-order valence-corrected chi connectivity index (χ1v) is 22.1. The standard InChI is InChI=1S/C61H35N3O/c1-2-11-40(12-3-1)59-62-60(64-61(63-59)43-31-32-54-51(34-43)47-18-6-7-22-53(47)65-54)41-28-23-36(24-29-41)45-16-4-5-17-46(45)44-33-42-30-27-39-14-9-20-49-48-19-8-13-37-25-26-38-15-10-21-50(57(38)55(37)48)52(35-44)58(42)56(39)49/h1-35H. The molecule has 0 atom stereocenters. The number of furan rings is 1. The van der Waals surface area contributed by atoms with Gasteiger partial charge in [-0.1, -0.05) is 176 Å². The number of aromatic nitrogens is 3. The molecule has 0 bridgehead atoms. The first-order chi connectivity index (χ1) is 32.2. The van der Waals surface area contributed by atoms with Crippen LogP contribution in [0.1, 0.15) is 0 Å². The third-order valence-electron chi connectivity index (χ3n) is 13.4. The quantitative estimate of drug-likeness (QED) is 0.162. The first kappa shape index (κ1) is 35.8. The second kappa shape index (κ2) is 13.9. The molecule has 0 N–H and O–H groups in total. The van der Waals surface area contributed by atoms with Crippen molar-refractivity contribution in [2.45, 2.75) is 0 Å². The third kappa shape index (κ3) is 5.54. The van der Waals surface area contributed by atoms with Gasteiger partial charge < -0.3 is 4.42 Å². The van der Waals surface area contributed by atoms with Crippen molar-refractivity contribution in [3.63, 3.8) is 0 Å². The fraction of sp³-hybridized carbons (Fsp3) is 0. The minimum absolute atomic E-state index is 0.609. The summed E-state index contributed by atoms with van der Waals surface area (Å²) >= 11 is 0. The van der Waals surface area contributed by atoms with Crippen LogP contribution in [0.2, 0.25) is 0 Å². The molecule has 0 saturated heterocycles. The molecule has 14 rings (SSSR count). The van der Waals surface area contributed by atoms with E-state index in [2.05, 4.69) is 152 Å². The minimum Gasteiger partial charge on any atom is -0.456 e. The molecule has 0 saturated carbocycles. The predicted octanol–water partition coefficient (Wildman–Crippen LogP) is 16.5. The zero-order chi connectivity index (χ0) is 42.6. The molecule has 4 heteroatoms. The van der Waals surface area contributed by atoms with E-state index in [0.717, 1.165) is 49.8 Å². The van der Waals surface area contributed by atoms with Crippen LogP contribution >= 0.6 is 0 Å². The van der Waals surface area contributed by atoms with Crippen LogP contribution in [0, 0.1) is 0 Å². The molecule has 4 nitrogen and oxygen atoms in total. The van der Waals surface area contributed by atoms with Crippen molar-refractivity contribution in [2.75, 3.05) is 0 Å². The minimum atomic E-state index is 0.609. The Hall–Kier alpha value is -8.73. The van der Waals surface area contributed by atoms with Crippen molar-refractivity contribution in [1.82, 2.24) is 15.0 Å². The Labute approximate surface area is 373 Å². The van der Waals surface area contributed by atoms with Crippen molar-refractivity contribution in [3.8, 4) is 56.4 Å². The SMILES string of the molecule is c1ccc(-c2nc(-c3ccc(-c4ccccc4-c4cc5ccc6cccc7c8cccc9ccc%10cccc(c(c4)c5c67)c%10c98)cc3)nc(-c3ccc4oc5ccccc5c4c3)n2)cc1. The van der Waals surface area contributed by atoms with Gasteiger partial charge in [0.05, 0.1) is 0 Å². The Morgan fingerprint density at radius 1 is 0.246 bits per heavy atom. The van der Waals surface area contributed by atoms with Gasteiger partial charge in [0.15, 0.2) is 17.5 Å². The highest BCUT2D eigenvalue weighted by Gasteiger charge is 2.19. The van der Waals surface area contributed by atoms with E-state index in [1.165, 1.54) is 75.8 Å². The Morgan fingerprint density at radius 3 is 1.35 bits per heavy atom. The second-order valence-electron chi connectivity index (χ2n) is 17.1. The summed E-state index contributed by atoms with van der Waals surface area (Å²) in [6.45, 7) is 0. The molecule has 0 unspecified atom stereocenters. The average Bonchev–Trinajstić information content (AvgIpc) is 3.75. The molecule has 0 radical (unpaired) electrons. The van der Waals surface area contributed by atoms with E-state index in [1.54, 1.807) is 0 Å². The van der Waals surface area contributed by atoms with Crippen molar-refractivity contribution >= 4 is 86.6 Å². The highest BCUT2D eigenvalue weighted by atomic mass is 16.3. The van der Waals surface area contributed by atoms with Crippen molar-refractivity contribution < 1.29 is 4.42 Å². The van der Waals surface area contributed by atoms with Gasteiger partial charge in [-0.15, -0.1) is 0 Å². The first-order valence-electron chi connectivity index (χ1n) is 22.1. The summed E-state index contributed by atoms with van der Waals surface area (Å²) in [4.78, 5) is 15.2. The second-order valence-corrected chi connectivity index (χ2v) is 17.1. The molecule has 0 amide bonds. The Kier molecular flexibility index (Phi) is 7.65. The van der Waals surface area contributed by atoms with E-state index in [9.17, 15) is 0 Å². The molecule has 0 aliphatic carbocycles. The number of hydrogen-bond donors (Lipinski definition) is 0. The van der Waals surface area contributed by atoms with Crippen LogP contribution in [0.5, 0.6) is 0 Å². The highest BCUT2D eigenvalue weighted by Crippen LogP contribution is 2.45. The predicted molar refractivity (Wildman–Crippen MR) is 271 cm³/mol. The topological polar surface area (TPSA) is 51.8 Å². The van der Waals surface area contributed by atoms with Gasteiger partial charge in [-0.25, -0.2) is 15.0 Å².